The first kappa shape index (κ1) is 8.84. The Morgan fingerprint density at radius 1 is 1.58 bits per heavy atom. The van der Waals surface area contributed by atoms with Crippen molar-refractivity contribution >= 4 is 0 Å². The molecule has 0 aliphatic heterocycles. The van der Waals surface area contributed by atoms with Crippen molar-refractivity contribution in [1.82, 2.24) is 4.57 Å². The van der Waals surface area contributed by atoms with Crippen LogP contribution in [0.5, 0.6) is 5.75 Å². The van der Waals surface area contributed by atoms with Crippen molar-refractivity contribution in [1.29, 1.82) is 0 Å². The Bertz CT molecular complexity index is 304. The molecule has 12 heavy (non-hydrogen) atoms. The number of hydrogen-bond acceptors (Lipinski definition) is 2. The van der Waals surface area contributed by atoms with Gasteiger partial charge >= 0.3 is 0 Å². The van der Waals surface area contributed by atoms with Crippen molar-refractivity contribution in [3.8, 4) is 5.75 Å². The Labute approximate surface area is 71.6 Å². The van der Waals surface area contributed by atoms with Gasteiger partial charge < -0.3 is 9.30 Å². The third kappa shape index (κ3) is 2.12. The third-order valence-corrected chi connectivity index (χ3v) is 1.55. The van der Waals surface area contributed by atoms with E-state index < -0.39 is 0 Å². The van der Waals surface area contributed by atoms with Gasteiger partial charge in [0.25, 0.3) is 5.56 Å². The van der Waals surface area contributed by atoms with Crippen molar-refractivity contribution in [3.63, 3.8) is 0 Å². The van der Waals surface area contributed by atoms with E-state index in [2.05, 4.69) is 0 Å². The molecule has 0 N–H and O–H groups in total. The van der Waals surface area contributed by atoms with E-state index in [9.17, 15) is 4.79 Å². The predicted octanol–water partition coefficient (Wildman–Crippen LogP) is 1.17. The average molecular weight is 167 g/mol. The summed E-state index contributed by atoms with van der Waals surface area (Å²) in [5.41, 5.74) is -0.0383. The molecule has 1 aromatic rings. The molecule has 3 nitrogen and oxygen atoms in total. The second-order valence-electron chi connectivity index (χ2n) is 2.66. The van der Waals surface area contributed by atoms with Crippen LogP contribution < -0.4 is 10.3 Å². The second-order valence-corrected chi connectivity index (χ2v) is 2.66. The number of aryl methyl sites for hydroxylation is 1. The van der Waals surface area contributed by atoms with E-state index in [1.807, 2.05) is 6.92 Å². The van der Waals surface area contributed by atoms with Gasteiger partial charge in [0.1, 0.15) is 5.75 Å². The van der Waals surface area contributed by atoms with E-state index in [1.54, 1.807) is 19.3 Å². The van der Waals surface area contributed by atoms with Crippen molar-refractivity contribution < 1.29 is 4.74 Å². The summed E-state index contributed by atoms with van der Waals surface area (Å²) in [6.07, 6.45) is 2.66. The fourth-order valence-corrected chi connectivity index (χ4v) is 0.840. The molecular formula is C9H13NO2. The molecule has 0 spiro atoms. The van der Waals surface area contributed by atoms with Gasteiger partial charge in [-0.3, -0.25) is 4.79 Å². The van der Waals surface area contributed by atoms with Crippen molar-refractivity contribution in [3.05, 3.63) is 28.7 Å². The molecule has 3 heteroatoms. The highest BCUT2D eigenvalue weighted by Gasteiger charge is 1.94. The van der Waals surface area contributed by atoms with Gasteiger partial charge in [-0.05, 0) is 12.5 Å². The monoisotopic (exact) mass is 167 g/mol. The van der Waals surface area contributed by atoms with Crippen LogP contribution in [0.3, 0.4) is 0 Å². The molecule has 0 aliphatic carbocycles. The molecule has 0 unspecified atom stereocenters. The maximum Gasteiger partial charge on any atom is 0.253 e. The van der Waals surface area contributed by atoms with Crippen LogP contribution in [0, 0.1) is 0 Å². The molecule has 66 valence electrons. The SMILES string of the molecule is CCCOc1ccn(C)c(=O)c1. The Hall–Kier alpha value is -1.25. The Morgan fingerprint density at radius 3 is 2.92 bits per heavy atom. The number of ether oxygens (including phenoxy) is 1. The minimum absolute atomic E-state index is 0.0383. The highest BCUT2D eigenvalue weighted by Crippen LogP contribution is 2.04. The van der Waals surface area contributed by atoms with E-state index in [4.69, 9.17) is 4.74 Å². The highest BCUT2D eigenvalue weighted by molar-refractivity contribution is 5.17. The van der Waals surface area contributed by atoms with Gasteiger partial charge in [0, 0.05) is 19.3 Å². The molecule has 0 saturated heterocycles. The molecule has 0 fully saturated rings. The van der Waals surface area contributed by atoms with Crippen molar-refractivity contribution in [2.45, 2.75) is 13.3 Å². The van der Waals surface area contributed by atoms with Crippen LogP contribution in [0.15, 0.2) is 23.1 Å². The molecule has 0 saturated carbocycles. The molecule has 0 radical (unpaired) electrons. The van der Waals surface area contributed by atoms with Crippen LogP contribution in [-0.2, 0) is 7.05 Å². The number of nitrogens with zero attached hydrogens (tertiary/aromatic N) is 1. The lowest BCUT2D eigenvalue weighted by Crippen LogP contribution is -2.14. The standard InChI is InChI=1S/C9H13NO2/c1-3-6-12-8-4-5-10(2)9(11)7-8/h4-5,7H,3,6H2,1-2H3. The van der Waals surface area contributed by atoms with E-state index >= 15 is 0 Å². The summed E-state index contributed by atoms with van der Waals surface area (Å²) in [4.78, 5) is 11.1. The first-order chi connectivity index (χ1) is 5.74. The smallest absolute Gasteiger partial charge is 0.253 e. The van der Waals surface area contributed by atoms with Crippen molar-refractivity contribution in [2.24, 2.45) is 7.05 Å². The molecule has 1 aromatic heterocycles. The lowest BCUT2D eigenvalue weighted by atomic mass is 10.4. The molecule has 0 aliphatic rings. The van der Waals surface area contributed by atoms with Gasteiger partial charge in [-0.25, -0.2) is 0 Å². The van der Waals surface area contributed by atoms with Crippen LogP contribution in [0.1, 0.15) is 13.3 Å². The quantitative estimate of drug-likeness (QED) is 0.676. The topological polar surface area (TPSA) is 31.2 Å². The van der Waals surface area contributed by atoms with Crippen molar-refractivity contribution in [2.75, 3.05) is 6.61 Å². The molecule has 0 atom stereocenters. The molecular weight excluding hydrogens is 154 g/mol. The largest absolute Gasteiger partial charge is 0.493 e. The molecule has 1 rings (SSSR count). The third-order valence-electron chi connectivity index (χ3n) is 1.55. The normalized spacial score (nSPS) is 9.83. The predicted molar refractivity (Wildman–Crippen MR) is 47.5 cm³/mol. The van der Waals surface area contributed by atoms with Crippen LogP contribution in [0.25, 0.3) is 0 Å². The Balaban J connectivity index is 2.76. The van der Waals surface area contributed by atoms with E-state index in [0.29, 0.717) is 12.4 Å². The first-order valence-electron chi connectivity index (χ1n) is 4.03. The van der Waals surface area contributed by atoms with E-state index in [0.717, 1.165) is 6.42 Å². The van der Waals surface area contributed by atoms with Gasteiger partial charge in [-0.15, -0.1) is 0 Å². The maximum absolute atomic E-state index is 11.1. The maximum atomic E-state index is 11.1. The molecule has 0 aromatic carbocycles. The van der Waals surface area contributed by atoms with Gasteiger partial charge in [0.05, 0.1) is 6.61 Å². The lowest BCUT2D eigenvalue weighted by molar-refractivity contribution is 0.316. The zero-order valence-electron chi connectivity index (χ0n) is 7.41. The van der Waals surface area contributed by atoms with Crippen LogP contribution in [0.2, 0.25) is 0 Å². The summed E-state index contributed by atoms with van der Waals surface area (Å²) >= 11 is 0. The minimum Gasteiger partial charge on any atom is -0.493 e. The molecule has 0 bridgehead atoms. The number of hydrogen-bond donors (Lipinski definition) is 0. The van der Waals surface area contributed by atoms with E-state index in [1.165, 1.54) is 10.6 Å². The summed E-state index contributed by atoms with van der Waals surface area (Å²) in [7, 11) is 1.71. The van der Waals surface area contributed by atoms with E-state index in [-0.39, 0.29) is 5.56 Å². The number of aromatic nitrogens is 1. The fraction of sp³-hybridized carbons (Fsp3) is 0.444. The summed E-state index contributed by atoms with van der Waals surface area (Å²) in [5.74, 6) is 0.653. The zero-order chi connectivity index (χ0) is 8.97. The lowest BCUT2D eigenvalue weighted by Gasteiger charge is -2.03. The van der Waals surface area contributed by atoms with Crippen LogP contribution >= 0.6 is 0 Å². The summed E-state index contributed by atoms with van der Waals surface area (Å²) in [5, 5.41) is 0. The Kier molecular flexibility index (Phi) is 2.91. The van der Waals surface area contributed by atoms with Gasteiger partial charge in [-0.1, -0.05) is 6.92 Å². The summed E-state index contributed by atoms with van der Waals surface area (Å²) in [6, 6.07) is 3.28. The minimum atomic E-state index is -0.0383. The summed E-state index contributed by atoms with van der Waals surface area (Å²) in [6.45, 7) is 2.69. The average Bonchev–Trinajstić information content (AvgIpc) is 2.07. The molecule has 1 heterocycles. The van der Waals surface area contributed by atoms with Crippen LogP contribution in [0.4, 0.5) is 0 Å². The number of rotatable bonds is 3. The second kappa shape index (κ2) is 3.95. The molecule has 0 amide bonds. The van der Waals surface area contributed by atoms with Gasteiger partial charge in [-0.2, -0.15) is 0 Å². The Morgan fingerprint density at radius 2 is 2.33 bits per heavy atom. The summed E-state index contributed by atoms with van der Waals surface area (Å²) < 4.78 is 6.79. The first-order valence-corrected chi connectivity index (χ1v) is 4.03. The van der Waals surface area contributed by atoms with Gasteiger partial charge in [0.15, 0.2) is 0 Å². The fourth-order valence-electron chi connectivity index (χ4n) is 0.840. The zero-order valence-corrected chi connectivity index (χ0v) is 7.41. The number of pyridine rings is 1. The van der Waals surface area contributed by atoms with Gasteiger partial charge in [0.2, 0.25) is 0 Å². The highest BCUT2D eigenvalue weighted by atomic mass is 16.5. The van der Waals surface area contributed by atoms with Crippen LogP contribution in [-0.4, -0.2) is 11.2 Å².